The van der Waals surface area contributed by atoms with Gasteiger partial charge in [0.05, 0.1) is 19.8 Å². The van der Waals surface area contributed by atoms with Gasteiger partial charge < -0.3 is 19.2 Å². The lowest BCUT2D eigenvalue weighted by Crippen LogP contribution is -2.13. The summed E-state index contributed by atoms with van der Waals surface area (Å²) in [5.41, 5.74) is 1.90. The Balaban J connectivity index is 1.73. The van der Waals surface area contributed by atoms with E-state index in [0.29, 0.717) is 17.4 Å². The average Bonchev–Trinajstić information content (AvgIpc) is 3.27. The molecule has 0 saturated carbocycles. The zero-order chi connectivity index (χ0) is 20.9. The van der Waals surface area contributed by atoms with Crippen LogP contribution in [0.15, 0.2) is 77.2 Å². The van der Waals surface area contributed by atoms with Crippen LogP contribution in [0.1, 0.15) is 17.5 Å². The minimum absolute atomic E-state index is 0.119. The van der Waals surface area contributed by atoms with Gasteiger partial charge in [-0.3, -0.25) is 0 Å². The third kappa shape index (κ3) is 4.10. The molecule has 0 spiro atoms. The van der Waals surface area contributed by atoms with E-state index in [1.54, 1.807) is 38.5 Å². The Morgan fingerprint density at radius 1 is 0.867 bits per heavy atom. The van der Waals surface area contributed by atoms with Crippen molar-refractivity contribution in [2.45, 2.75) is 6.04 Å². The third-order valence-electron chi connectivity index (χ3n) is 4.59. The summed E-state index contributed by atoms with van der Waals surface area (Å²) in [5.74, 6) is 1.28. The maximum absolute atomic E-state index is 14.2. The highest BCUT2D eigenvalue weighted by Gasteiger charge is 2.23. The first-order chi connectivity index (χ1) is 14.7. The van der Waals surface area contributed by atoms with Crippen LogP contribution in [0.4, 0.5) is 10.1 Å². The summed E-state index contributed by atoms with van der Waals surface area (Å²) in [6.45, 7) is 0. The molecule has 0 bridgehead atoms. The van der Waals surface area contributed by atoms with Crippen LogP contribution in [0.5, 0.6) is 11.5 Å². The fraction of sp³-hybridized carbons (Fsp3) is 0.130. The van der Waals surface area contributed by atoms with Crippen LogP contribution >= 0.6 is 0 Å². The molecule has 6 nitrogen and oxygen atoms in total. The summed E-state index contributed by atoms with van der Waals surface area (Å²) in [6.07, 6.45) is 0. The van der Waals surface area contributed by atoms with Crippen LogP contribution in [0, 0.1) is 5.82 Å². The first-order valence-corrected chi connectivity index (χ1v) is 9.31. The Kier molecular flexibility index (Phi) is 5.61. The molecule has 1 heterocycles. The standard InChI is InChI=1S/C23H20FN3O3/c1-28-17-12-16(13-18(14-17)29-2)25-21(15-8-4-3-5-9-15)23-27-26-22(30-23)19-10-6-7-11-20(19)24/h3-14,21,25H,1-2H3/t21-/m0/s1. The molecule has 3 aromatic carbocycles. The second kappa shape index (κ2) is 8.65. The van der Waals surface area contributed by atoms with Gasteiger partial charge in [-0.25, -0.2) is 4.39 Å². The minimum Gasteiger partial charge on any atom is -0.497 e. The summed E-state index contributed by atoms with van der Waals surface area (Å²) < 4.78 is 30.7. The van der Waals surface area contributed by atoms with Crippen LogP contribution in [-0.4, -0.2) is 24.4 Å². The van der Waals surface area contributed by atoms with Gasteiger partial charge >= 0.3 is 0 Å². The Morgan fingerprint density at radius 2 is 1.53 bits per heavy atom. The van der Waals surface area contributed by atoms with E-state index in [-0.39, 0.29) is 11.5 Å². The number of aromatic nitrogens is 2. The fourth-order valence-electron chi connectivity index (χ4n) is 3.09. The number of hydrogen-bond acceptors (Lipinski definition) is 6. The zero-order valence-corrected chi connectivity index (χ0v) is 16.5. The van der Waals surface area contributed by atoms with Gasteiger partial charge in [-0.2, -0.15) is 0 Å². The SMILES string of the molecule is COc1cc(N[C@@H](c2ccccc2)c2nnc(-c3ccccc3F)o2)cc(OC)c1. The number of halogens is 1. The summed E-state index contributed by atoms with van der Waals surface area (Å²) >= 11 is 0. The van der Waals surface area contributed by atoms with Crippen LogP contribution in [0.2, 0.25) is 0 Å². The van der Waals surface area contributed by atoms with E-state index in [0.717, 1.165) is 11.3 Å². The molecular formula is C23H20FN3O3. The molecular weight excluding hydrogens is 385 g/mol. The smallest absolute Gasteiger partial charge is 0.250 e. The molecule has 1 atom stereocenters. The quantitative estimate of drug-likeness (QED) is 0.462. The highest BCUT2D eigenvalue weighted by Crippen LogP contribution is 2.32. The van der Waals surface area contributed by atoms with E-state index in [1.165, 1.54) is 6.07 Å². The highest BCUT2D eigenvalue weighted by atomic mass is 19.1. The number of hydrogen-bond donors (Lipinski definition) is 1. The lowest BCUT2D eigenvalue weighted by Gasteiger charge is -2.18. The highest BCUT2D eigenvalue weighted by molar-refractivity contribution is 5.56. The topological polar surface area (TPSA) is 69.4 Å². The van der Waals surface area contributed by atoms with Crippen molar-refractivity contribution in [3.63, 3.8) is 0 Å². The molecule has 4 aromatic rings. The summed E-state index contributed by atoms with van der Waals surface area (Å²) in [6, 6.07) is 20.9. The molecule has 0 saturated heterocycles. The van der Waals surface area contributed by atoms with Crippen LogP contribution < -0.4 is 14.8 Å². The van der Waals surface area contributed by atoms with Crippen molar-refractivity contribution in [1.82, 2.24) is 10.2 Å². The van der Waals surface area contributed by atoms with Crippen LogP contribution in [0.3, 0.4) is 0 Å². The number of rotatable bonds is 7. The lowest BCUT2D eigenvalue weighted by molar-refractivity contribution is 0.394. The molecule has 7 heteroatoms. The van der Waals surface area contributed by atoms with Gasteiger partial charge in [-0.15, -0.1) is 10.2 Å². The number of benzene rings is 3. The van der Waals surface area contributed by atoms with Gasteiger partial charge in [0, 0.05) is 23.9 Å². The van der Waals surface area contributed by atoms with Crippen molar-refractivity contribution in [2.75, 3.05) is 19.5 Å². The Morgan fingerprint density at radius 3 is 2.20 bits per heavy atom. The number of anilines is 1. The van der Waals surface area contributed by atoms with Crippen molar-refractivity contribution in [2.24, 2.45) is 0 Å². The number of nitrogens with zero attached hydrogens (tertiary/aromatic N) is 2. The predicted octanol–water partition coefficient (Wildman–Crippen LogP) is 5.09. The van der Waals surface area contributed by atoms with Gasteiger partial charge in [0.2, 0.25) is 5.89 Å². The molecule has 0 radical (unpaired) electrons. The summed E-state index contributed by atoms with van der Waals surface area (Å²) in [4.78, 5) is 0. The van der Waals surface area contributed by atoms with Gasteiger partial charge in [0.1, 0.15) is 23.4 Å². The fourth-order valence-corrected chi connectivity index (χ4v) is 3.09. The summed E-state index contributed by atoms with van der Waals surface area (Å²) in [7, 11) is 3.18. The second-order valence-electron chi connectivity index (χ2n) is 6.51. The maximum atomic E-state index is 14.2. The number of nitrogens with one attached hydrogen (secondary N) is 1. The van der Waals surface area contributed by atoms with E-state index in [9.17, 15) is 4.39 Å². The molecule has 0 aliphatic carbocycles. The zero-order valence-electron chi connectivity index (χ0n) is 16.5. The third-order valence-corrected chi connectivity index (χ3v) is 4.59. The normalized spacial score (nSPS) is 11.7. The number of ether oxygens (including phenoxy) is 2. The van der Waals surface area contributed by atoms with Crippen LogP contribution in [0.25, 0.3) is 11.5 Å². The van der Waals surface area contributed by atoms with Gasteiger partial charge in [-0.05, 0) is 17.7 Å². The monoisotopic (exact) mass is 405 g/mol. The van der Waals surface area contributed by atoms with Crippen molar-refractivity contribution in [3.8, 4) is 23.0 Å². The molecule has 1 N–H and O–H groups in total. The van der Waals surface area contributed by atoms with E-state index >= 15 is 0 Å². The molecule has 4 rings (SSSR count). The van der Waals surface area contributed by atoms with Crippen molar-refractivity contribution in [1.29, 1.82) is 0 Å². The predicted molar refractivity (Wildman–Crippen MR) is 111 cm³/mol. The molecule has 0 fully saturated rings. The molecule has 30 heavy (non-hydrogen) atoms. The molecule has 0 unspecified atom stereocenters. The second-order valence-corrected chi connectivity index (χ2v) is 6.51. The van der Waals surface area contributed by atoms with Gasteiger partial charge in [0.15, 0.2) is 0 Å². The Hall–Kier alpha value is -3.87. The molecule has 0 amide bonds. The van der Waals surface area contributed by atoms with Crippen molar-refractivity contribution in [3.05, 3.63) is 90.1 Å². The van der Waals surface area contributed by atoms with Crippen molar-refractivity contribution < 1.29 is 18.3 Å². The van der Waals surface area contributed by atoms with E-state index < -0.39 is 11.9 Å². The minimum atomic E-state index is -0.462. The first kappa shape index (κ1) is 19.4. The largest absolute Gasteiger partial charge is 0.497 e. The molecule has 0 aliphatic rings. The van der Waals surface area contributed by atoms with Crippen LogP contribution in [-0.2, 0) is 0 Å². The van der Waals surface area contributed by atoms with Gasteiger partial charge in [-0.1, -0.05) is 42.5 Å². The molecule has 1 aromatic heterocycles. The molecule has 0 aliphatic heterocycles. The van der Waals surface area contributed by atoms with E-state index in [2.05, 4.69) is 15.5 Å². The lowest BCUT2D eigenvalue weighted by atomic mass is 10.1. The average molecular weight is 405 g/mol. The van der Waals surface area contributed by atoms with Gasteiger partial charge in [0.25, 0.3) is 5.89 Å². The Labute approximate surface area is 173 Å². The maximum Gasteiger partial charge on any atom is 0.250 e. The Bertz CT molecular complexity index is 1110. The van der Waals surface area contributed by atoms with Crippen molar-refractivity contribution >= 4 is 5.69 Å². The first-order valence-electron chi connectivity index (χ1n) is 9.31. The molecule has 152 valence electrons. The summed E-state index contributed by atoms with van der Waals surface area (Å²) in [5, 5.41) is 11.6. The van der Waals surface area contributed by atoms with E-state index in [1.807, 2.05) is 42.5 Å². The number of methoxy groups -OCH3 is 2. The van der Waals surface area contributed by atoms with E-state index in [4.69, 9.17) is 13.9 Å².